The molecule has 0 N–H and O–H groups in total. The highest BCUT2D eigenvalue weighted by Crippen LogP contribution is 2.43. The number of carbonyl (C=O) groups is 1. The summed E-state index contributed by atoms with van der Waals surface area (Å²) in [6.45, 7) is 8.25. The summed E-state index contributed by atoms with van der Waals surface area (Å²) in [4.78, 5) is 29.2. The molecule has 36 heavy (non-hydrogen) atoms. The van der Waals surface area contributed by atoms with Gasteiger partial charge in [-0.05, 0) is 67.4 Å². The number of hydrogen-bond donors (Lipinski definition) is 0. The van der Waals surface area contributed by atoms with E-state index in [-0.39, 0.29) is 22.7 Å². The van der Waals surface area contributed by atoms with E-state index in [2.05, 4.69) is 6.58 Å². The predicted octanol–water partition coefficient (Wildman–Crippen LogP) is 6.47. The van der Waals surface area contributed by atoms with Crippen LogP contribution in [0.15, 0.2) is 82.5 Å². The number of rotatable bonds is 7. The SMILES string of the molecule is C=CCOc1ccc(C2c3c(oc4ccc(Cl)cc4c3=O)C(=O)N2c2cccc(C)c2)cc1OCC. The van der Waals surface area contributed by atoms with E-state index in [0.29, 0.717) is 52.0 Å². The fraction of sp³-hybridized carbons (Fsp3) is 0.172. The van der Waals surface area contributed by atoms with Crippen LogP contribution in [0.1, 0.15) is 40.2 Å². The molecule has 1 aliphatic rings. The average Bonchev–Trinajstić information content (AvgIpc) is 3.16. The number of fused-ring (bicyclic) bond motifs is 2. The normalized spacial score (nSPS) is 14.7. The Bertz CT molecular complexity index is 1560. The van der Waals surface area contributed by atoms with Crippen LogP contribution in [0.3, 0.4) is 0 Å². The number of ether oxygens (including phenoxy) is 2. The molecule has 4 aromatic rings. The molecule has 0 saturated carbocycles. The van der Waals surface area contributed by atoms with Crippen molar-refractivity contribution in [1.29, 1.82) is 0 Å². The zero-order chi connectivity index (χ0) is 25.4. The van der Waals surface area contributed by atoms with Crippen molar-refractivity contribution in [2.75, 3.05) is 18.1 Å². The Morgan fingerprint density at radius 1 is 1.06 bits per heavy atom. The van der Waals surface area contributed by atoms with Crippen molar-refractivity contribution < 1.29 is 18.7 Å². The van der Waals surface area contributed by atoms with Gasteiger partial charge in [0.1, 0.15) is 12.2 Å². The maximum atomic E-state index is 13.8. The molecular formula is C29H24ClNO5. The van der Waals surface area contributed by atoms with Crippen molar-refractivity contribution in [3.63, 3.8) is 0 Å². The fourth-order valence-corrected chi connectivity index (χ4v) is 4.71. The van der Waals surface area contributed by atoms with Crippen molar-refractivity contribution >= 4 is 34.2 Å². The van der Waals surface area contributed by atoms with Gasteiger partial charge in [0, 0.05) is 10.7 Å². The van der Waals surface area contributed by atoms with E-state index < -0.39 is 6.04 Å². The van der Waals surface area contributed by atoms with Crippen molar-refractivity contribution in [1.82, 2.24) is 0 Å². The van der Waals surface area contributed by atoms with Gasteiger partial charge in [-0.3, -0.25) is 14.5 Å². The van der Waals surface area contributed by atoms with E-state index >= 15 is 0 Å². The Morgan fingerprint density at radius 2 is 1.89 bits per heavy atom. The van der Waals surface area contributed by atoms with Crippen LogP contribution in [0.25, 0.3) is 11.0 Å². The fourth-order valence-electron chi connectivity index (χ4n) is 4.54. The molecule has 182 valence electrons. The Morgan fingerprint density at radius 3 is 2.64 bits per heavy atom. The highest BCUT2D eigenvalue weighted by atomic mass is 35.5. The van der Waals surface area contributed by atoms with Gasteiger partial charge in [-0.2, -0.15) is 0 Å². The number of hydrogen-bond acceptors (Lipinski definition) is 5. The van der Waals surface area contributed by atoms with Crippen LogP contribution in [-0.4, -0.2) is 19.1 Å². The molecule has 0 fully saturated rings. The molecule has 3 aromatic carbocycles. The first-order chi connectivity index (χ1) is 17.4. The lowest BCUT2D eigenvalue weighted by molar-refractivity contribution is 0.0971. The molecule has 7 heteroatoms. The molecule has 0 saturated heterocycles. The first kappa shape index (κ1) is 23.7. The van der Waals surface area contributed by atoms with Gasteiger partial charge >= 0.3 is 0 Å². The largest absolute Gasteiger partial charge is 0.490 e. The summed E-state index contributed by atoms with van der Waals surface area (Å²) >= 11 is 6.18. The number of carbonyl (C=O) groups excluding carboxylic acids is 1. The minimum absolute atomic E-state index is 0.0197. The summed E-state index contributed by atoms with van der Waals surface area (Å²) < 4.78 is 17.6. The summed E-state index contributed by atoms with van der Waals surface area (Å²) in [6.07, 6.45) is 1.65. The van der Waals surface area contributed by atoms with Crippen molar-refractivity contribution in [2.24, 2.45) is 0 Å². The van der Waals surface area contributed by atoms with E-state index in [1.807, 2.05) is 44.2 Å². The molecule has 0 bridgehead atoms. The lowest BCUT2D eigenvalue weighted by Crippen LogP contribution is -2.29. The lowest BCUT2D eigenvalue weighted by atomic mass is 9.97. The third-order valence-electron chi connectivity index (χ3n) is 6.05. The maximum Gasteiger partial charge on any atom is 0.295 e. The highest BCUT2D eigenvalue weighted by Gasteiger charge is 2.44. The molecule has 1 unspecified atom stereocenters. The predicted molar refractivity (Wildman–Crippen MR) is 141 cm³/mol. The maximum absolute atomic E-state index is 13.8. The van der Waals surface area contributed by atoms with Gasteiger partial charge in [-0.15, -0.1) is 0 Å². The standard InChI is InChI=1S/C29H24ClNO5/c1-4-13-35-23-11-9-18(15-24(23)34-5-2)26-25-27(32)21-16-19(30)10-12-22(21)36-28(25)29(33)31(26)20-8-6-7-17(3)14-20/h4,6-12,14-16,26H,1,5,13H2,2-3H3. The molecule has 0 aliphatic carbocycles. The van der Waals surface area contributed by atoms with Gasteiger partial charge in [0.05, 0.1) is 23.6 Å². The van der Waals surface area contributed by atoms with E-state index in [1.165, 1.54) is 0 Å². The summed E-state index contributed by atoms with van der Waals surface area (Å²) in [5, 5.41) is 0.731. The van der Waals surface area contributed by atoms with Gasteiger partial charge < -0.3 is 13.9 Å². The number of nitrogens with zero attached hydrogens (tertiary/aromatic N) is 1. The first-order valence-electron chi connectivity index (χ1n) is 11.6. The summed E-state index contributed by atoms with van der Waals surface area (Å²) in [6, 6.07) is 17.1. The molecule has 0 spiro atoms. The minimum Gasteiger partial charge on any atom is -0.490 e. The second kappa shape index (κ2) is 9.55. The van der Waals surface area contributed by atoms with Gasteiger partial charge in [0.25, 0.3) is 5.91 Å². The Balaban J connectivity index is 1.76. The van der Waals surface area contributed by atoms with E-state index in [1.54, 1.807) is 41.3 Å². The van der Waals surface area contributed by atoms with Crippen LogP contribution < -0.4 is 19.8 Å². The van der Waals surface area contributed by atoms with Crippen LogP contribution in [0.2, 0.25) is 5.02 Å². The molecule has 2 heterocycles. The minimum atomic E-state index is -0.735. The third-order valence-corrected chi connectivity index (χ3v) is 6.29. The average molecular weight is 502 g/mol. The number of benzene rings is 3. The number of aryl methyl sites for hydroxylation is 1. The summed E-state index contributed by atoms with van der Waals surface area (Å²) in [5.41, 5.74) is 2.60. The Hall–Kier alpha value is -4.03. The number of halogens is 1. The number of amides is 1. The van der Waals surface area contributed by atoms with Crippen LogP contribution in [0, 0.1) is 6.92 Å². The van der Waals surface area contributed by atoms with Crippen LogP contribution in [0.4, 0.5) is 5.69 Å². The molecule has 1 atom stereocenters. The molecule has 1 aromatic heterocycles. The van der Waals surface area contributed by atoms with E-state index in [9.17, 15) is 9.59 Å². The quantitative estimate of drug-likeness (QED) is 0.271. The monoisotopic (exact) mass is 501 g/mol. The second-order valence-electron chi connectivity index (χ2n) is 8.47. The smallest absolute Gasteiger partial charge is 0.295 e. The molecule has 6 nitrogen and oxygen atoms in total. The van der Waals surface area contributed by atoms with Crippen molar-refractivity contribution in [3.8, 4) is 11.5 Å². The Kier molecular flexibility index (Phi) is 6.29. The van der Waals surface area contributed by atoms with Crippen LogP contribution >= 0.6 is 11.6 Å². The van der Waals surface area contributed by atoms with E-state index in [0.717, 1.165) is 5.56 Å². The zero-order valence-corrected chi connectivity index (χ0v) is 20.7. The zero-order valence-electron chi connectivity index (χ0n) is 19.9. The summed E-state index contributed by atoms with van der Waals surface area (Å²) in [7, 11) is 0. The topological polar surface area (TPSA) is 69.0 Å². The van der Waals surface area contributed by atoms with Gasteiger partial charge in [0.2, 0.25) is 5.76 Å². The molecule has 1 amide bonds. The molecule has 5 rings (SSSR count). The highest BCUT2D eigenvalue weighted by molar-refractivity contribution is 6.31. The van der Waals surface area contributed by atoms with Crippen LogP contribution in [0.5, 0.6) is 11.5 Å². The molecule has 0 radical (unpaired) electrons. The van der Waals surface area contributed by atoms with Gasteiger partial charge in [-0.1, -0.05) is 42.5 Å². The molecular weight excluding hydrogens is 478 g/mol. The van der Waals surface area contributed by atoms with Crippen LogP contribution in [-0.2, 0) is 0 Å². The lowest BCUT2D eigenvalue weighted by Gasteiger charge is -2.26. The van der Waals surface area contributed by atoms with Crippen molar-refractivity contribution in [3.05, 3.63) is 111 Å². The Labute approximate surface area is 213 Å². The first-order valence-corrected chi connectivity index (χ1v) is 12.0. The summed E-state index contributed by atoms with van der Waals surface area (Å²) in [5.74, 6) is 0.686. The number of anilines is 1. The van der Waals surface area contributed by atoms with E-state index in [4.69, 9.17) is 25.5 Å². The second-order valence-corrected chi connectivity index (χ2v) is 8.91. The molecule has 1 aliphatic heterocycles. The third kappa shape index (κ3) is 4.03. The van der Waals surface area contributed by atoms with Crippen molar-refractivity contribution in [2.45, 2.75) is 19.9 Å². The van der Waals surface area contributed by atoms with Gasteiger partial charge in [0.15, 0.2) is 16.9 Å². The van der Waals surface area contributed by atoms with Gasteiger partial charge in [-0.25, -0.2) is 0 Å².